The van der Waals surface area contributed by atoms with Gasteiger partial charge in [0.05, 0.1) is 0 Å². The van der Waals surface area contributed by atoms with Crippen LogP contribution in [0.5, 0.6) is 0 Å². The van der Waals surface area contributed by atoms with Crippen LogP contribution < -0.4 is 5.73 Å². The first-order valence-corrected chi connectivity index (χ1v) is 3.01. The van der Waals surface area contributed by atoms with E-state index in [0.717, 1.165) is 0 Å². The molecular formula is C6H11NO3. The van der Waals surface area contributed by atoms with Gasteiger partial charge in [-0.05, 0) is 25.5 Å². The molecule has 0 spiro atoms. The van der Waals surface area contributed by atoms with Crippen molar-refractivity contribution in [3.8, 4) is 0 Å². The summed E-state index contributed by atoms with van der Waals surface area (Å²) in [4.78, 5) is 9.94. The quantitative estimate of drug-likeness (QED) is 0.301. The maximum absolute atomic E-state index is 9.94. The van der Waals surface area contributed by atoms with Gasteiger partial charge in [-0.2, -0.15) is 0 Å². The molecule has 58 valence electrons. The first-order valence-electron chi connectivity index (χ1n) is 3.01. The number of unbranched alkanes of at least 4 members (excludes halogenated alkanes) is 1. The predicted octanol–water partition coefficient (Wildman–Crippen LogP) is 0.252. The number of nitrogens with two attached hydrogens (primary N) is 1. The third kappa shape index (κ3) is 3.91. The van der Waals surface area contributed by atoms with Crippen LogP contribution in [0.25, 0.3) is 0 Å². The van der Waals surface area contributed by atoms with Crippen LogP contribution in [0.2, 0.25) is 0 Å². The van der Waals surface area contributed by atoms with Crippen molar-refractivity contribution >= 4 is 5.97 Å². The molecule has 0 saturated carbocycles. The summed E-state index contributed by atoms with van der Waals surface area (Å²) < 4.78 is 0. The molecule has 0 heterocycles. The number of hydrogen-bond donors (Lipinski definition) is 3. The Morgan fingerprint density at radius 1 is 1.50 bits per heavy atom. The summed E-state index contributed by atoms with van der Waals surface area (Å²) in [7, 11) is 0. The lowest BCUT2D eigenvalue weighted by molar-refractivity contribution is -0.135. The van der Waals surface area contributed by atoms with Crippen molar-refractivity contribution in [2.24, 2.45) is 5.73 Å². The van der Waals surface area contributed by atoms with Crippen molar-refractivity contribution < 1.29 is 15.0 Å². The molecule has 0 bridgehead atoms. The van der Waals surface area contributed by atoms with E-state index in [-0.39, 0.29) is 0 Å². The van der Waals surface area contributed by atoms with Crippen LogP contribution in [0.15, 0.2) is 11.8 Å². The van der Waals surface area contributed by atoms with E-state index in [0.29, 0.717) is 19.4 Å². The molecular weight excluding hydrogens is 134 g/mol. The SMILES string of the molecule is NCCCC=C(O)C(=O)O. The summed E-state index contributed by atoms with van der Waals surface area (Å²) in [5, 5.41) is 16.7. The molecule has 4 heteroatoms. The fourth-order valence-corrected chi connectivity index (χ4v) is 0.444. The summed E-state index contributed by atoms with van der Waals surface area (Å²) >= 11 is 0. The smallest absolute Gasteiger partial charge is 0.370 e. The summed E-state index contributed by atoms with van der Waals surface area (Å²) in [6, 6.07) is 0. The Bertz CT molecular complexity index is 142. The molecule has 0 aromatic rings. The molecule has 0 atom stereocenters. The van der Waals surface area contributed by atoms with E-state index in [1.54, 1.807) is 0 Å². The Labute approximate surface area is 59.0 Å². The first-order chi connectivity index (χ1) is 4.68. The molecule has 0 rings (SSSR count). The van der Waals surface area contributed by atoms with Crippen LogP contribution in [-0.2, 0) is 4.79 Å². The highest BCUT2D eigenvalue weighted by atomic mass is 16.4. The fourth-order valence-electron chi connectivity index (χ4n) is 0.444. The van der Waals surface area contributed by atoms with Gasteiger partial charge in [0.25, 0.3) is 0 Å². The van der Waals surface area contributed by atoms with Crippen LogP contribution in [0.3, 0.4) is 0 Å². The second-order valence-corrected chi connectivity index (χ2v) is 1.83. The van der Waals surface area contributed by atoms with E-state index >= 15 is 0 Å². The number of rotatable bonds is 4. The third-order valence-corrected chi connectivity index (χ3v) is 0.965. The molecule has 0 aliphatic heterocycles. The van der Waals surface area contributed by atoms with E-state index < -0.39 is 11.7 Å². The lowest BCUT2D eigenvalue weighted by atomic mass is 10.3. The van der Waals surface area contributed by atoms with Gasteiger partial charge in [0.1, 0.15) is 0 Å². The van der Waals surface area contributed by atoms with Gasteiger partial charge < -0.3 is 15.9 Å². The summed E-state index contributed by atoms with van der Waals surface area (Å²) in [6.45, 7) is 0.503. The lowest BCUT2D eigenvalue weighted by Gasteiger charge is -1.91. The number of carbonyl (C=O) groups is 1. The highest BCUT2D eigenvalue weighted by molar-refractivity contribution is 5.83. The number of allylic oxidation sites excluding steroid dienone is 1. The minimum Gasteiger partial charge on any atom is -0.502 e. The van der Waals surface area contributed by atoms with Gasteiger partial charge in [0.2, 0.25) is 0 Å². The van der Waals surface area contributed by atoms with Crippen molar-refractivity contribution in [3.05, 3.63) is 11.8 Å². The molecule has 0 aromatic carbocycles. The Kier molecular flexibility index (Phi) is 4.32. The van der Waals surface area contributed by atoms with Crippen molar-refractivity contribution in [2.75, 3.05) is 6.54 Å². The highest BCUT2D eigenvalue weighted by Gasteiger charge is 2.00. The minimum absolute atomic E-state index is 0.503. The van der Waals surface area contributed by atoms with Gasteiger partial charge in [-0.15, -0.1) is 0 Å². The molecule has 4 nitrogen and oxygen atoms in total. The molecule has 0 unspecified atom stereocenters. The number of hydrogen-bond acceptors (Lipinski definition) is 3. The largest absolute Gasteiger partial charge is 0.502 e. The second kappa shape index (κ2) is 4.81. The molecule has 10 heavy (non-hydrogen) atoms. The second-order valence-electron chi connectivity index (χ2n) is 1.83. The van der Waals surface area contributed by atoms with Crippen LogP contribution in [0, 0.1) is 0 Å². The Morgan fingerprint density at radius 2 is 2.10 bits per heavy atom. The van der Waals surface area contributed by atoms with Gasteiger partial charge in [0.15, 0.2) is 5.76 Å². The molecule has 0 fully saturated rings. The van der Waals surface area contributed by atoms with E-state index in [1.165, 1.54) is 6.08 Å². The fraction of sp³-hybridized carbons (Fsp3) is 0.500. The molecule has 0 saturated heterocycles. The number of aliphatic hydroxyl groups excluding tert-OH is 1. The Hall–Kier alpha value is -1.03. The molecule has 0 radical (unpaired) electrons. The van der Waals surface area contributed by atoms with Gasteiger partial charge in [-0.3, -0.25) is 0 Å². The maximum atomic E-state index is 9.94. The van der Waals surface area contributed by atoms with E-state index in [2.05, 4.69) is 0 Å². The zero-order valence-corrected chi connectivity index (χ0v) is 5.58. The highest BCUT2D eigenvalue weighted by Crippen LogP contribution is 1.94. The first kappa shape index (κ1) is 8.97. The van der Waals surface area contributed by atoms with Crippen LogP contribution in [-0.4, -0.2) is 22.7 Å². The van der Waals surface area contributed by atoms with E-state index in [9.17, 15) is 4.79 Å². The minimum atomic E-state index is -1.29. The van der Waals surface area contributed by atoms with Crippen LogP contribution in [0.4, 0.5) is 0 Å². The Morgan fingerprint density at radius 3 is 2.50 bits per heavy atom. The van der Waals surface area contributed by atoms with Gasteiger partial charge in [-0.25, -0.2) is 4.79 Å². The normalized spacial score (nSPS) is 11.5. The topological polar surface area (TPSA) is 83.5 Å². The van der Waals surface area contributed by atoms with Crippen molar-refractivity contribution in [2.45, 2.75) is 12.8 Å². The van der Waals surface area contributed by atoms with E-state index in [4.69, 9.17) is 15.9 Å². The Balaban J connectivity index is 3.58. The third-order valence-electron chi connectivity index (χ3n) is 0.965. The molecule has 4 N–H and O–H groups in total. The maximum Gasteiger partial charge on any atom is 0.370 e. The van der Waals surface area contributed by atoms with Crippen LogP contribution in [0.1, 0.15) is 12.8 Å². The molecule has 0 aromatic heterocycles. The zero-order valence-electron chi connectivity index (χ0n) is 5.58. The van der Waals surface area contributed by atoms with Gasteiger partial charge in [0, 0.05) is 0 Å². The molecule has 0 amide bonds. The lowest BCUT2D eigenvalue weighted by Crippen LogP contribution is -2.00. The van der Waals surface area contributed by atoms with Crippen molar-refractivity contribution in [1.82, 2.24) is 0 Å². The van der Waals surface area contributed by atoms with Crippen molar-refractivity contribution in [1.29, 1.82) is 0 Å². The average molecular weight is 145 g/mol. The number of carboxylic acids is 1. The van der Waals surface area contributed by atoms with Gasteiger partial charge >= 0.3 is 5.97 Å². The monoisotopic (exact) mass is 145 g/mol. The average Bonchev–Trinajstić information content (AvgIpc) is 1.88. The summed E-state index contributed by atoms with van der Waals surface area (Å²) in [5.74, 6) is -1.90. The number of aliphatic carboxylic acids is 1. The van der Waals surface area contributed by atoms with Crippen molar-refractivity contribution in [3.63, 3.8) is 0 Å². The van der Waals surface area contributed by atoms with Crippen LogP contribution >= 0.6 is 0 Å². The zero-order chi connectivity index (χ0) is 7.98. The van der Waals surface area contributed by atoms with E-state index in [1.807, 2.05) is 0 Å². The summed E-state index contributed by atoms with van der Waals surface area (Å²) in [5.41, 5.74) is 5.13. The molecule has 0 aliphatic carbocycles. The standard InChI is InChI=1S/C6H11NO3/c7-4-2-1-3-5(8)6(9)10/h3,8H,1-2,4,7H2,(H,9,10). The predicted molar refractivity (Wildman–Crippen MR) is 36.6 cm³/mol. The number of aliphatic hydroxyl groups is 1. The van der Waals surface area contributed by atoms with Gasteiger partial charge in [-0.1, -0.05) is 0 Å². The molecule has 0 aliphatic rings. The number of carboxylic acid groups (broad SMARTS) is 1. The summed E-state index contributed by atoms with van der Waals surface area (Å²) in [6.07, 6.45) is 2.45.